The third-order valence-corrected chi connectivity index (χ3v) is 4.01. The molecular formula is C12H21NO2S. The van der Waals surface area contributed by atoms with Crippen LogP contribution in [0.4, 0.5) is 0 Å². The molecule has 1 aromatic rings. The van der Waals surface area contributed by atoms with E-state index in [0.717, 1.165) is 15.6 Å². The van der Waals surface area contributed by atoms with Crippen molar-refractivity contribution in [2.24, 2.45) is 0 Å². The molecule has 1 rings (SSSR count). The Labute approximate surface area is 101 Å². The average Bonchev–Trinajstić information content (AvgIpc) is 2.46. The highest BCUT2D eigenvalue weighted by Gasteiger charge is 2.28. The molecule has 0 spiro atoms. The number of hydrogen-bond acceptors (Lipinski definition) is 4. The fraction of sp³-hybridized carbons (Fsp3) is 0.750. The zero-order valence-electron chi connectivity index (χ0n) is 10.9. The van der Waals surface area contributed by atoms with Crippen molar-refractivity contribution in [3.8, 4) is 0 Å². The highest BCUT2D eigenvalue weighted by molar-refractivity contribution is 7.12. The minimum atomic E-state index is -0.852. The molecule has 0 atom stereocenters. The van der Waals surface area contributed by atoms with Gasteiger partial charge in [-0.3, -0.25) is 0 Å². The molecule has 0 radical (unpaired) electrons. The van der Waals surface area contributed by atoms with Crippen molar-refractivity contribution in [2.75, 3.05) is 7.11 Å². The van der Waals surface area contributed by atoms with Gasteiger partial charge in [0.05, 0.1) is 27.8 Å². The fourth-order valence-corrected chi connectivity index (χ4v) is 2.51. The zero-order chi connectivity index (χ0) is 12.6. The average molecular weight is 243 g/mol. The van der Waals surface area contributed by atoms with Crippen molar-refractivity contribution in [1.29, 1.82) is 0 Å². The quantitative estimate of drug-likeness (QED) is 0.887. The molecule has 1 heterocycles. The van der Waals surface area contributed by atoms with Gasteiger partial charge in [0.2, 0.25) is 0 Å². The first-order valence-electron chi connectivity index (χ1n) is 5.38. The van der Waals surface area contributed by atoms with E-state index in [0.29, 0.717) is 6.61 Å². The molecular weight excluding hydrogens is 222 g/mol. The first kappa shape index (κ1) is 13.6. The van der Waals surface area contributed by atoms with Crippen molar-refractivity contribution in [2.45, 2.75) is 52.2 Å². The minimum Gasteiger partial charge on any atom is -0.385 e. The highest BCUT2D eigenvalue weighted by atomic mass is 32.1. The number of aliphatic hydroxyl groups is 1. The smallest absolute Gasteiger partial charge is 0.0986 e. The lowest BCUT2D eigenvalue weighted by atomic mass is 9.98. The summed E-state index contributed by atoms with van der Waals surface area (Å²) < 4.78 is 5.12. The molecule has 0 saturated heterocycles. The summed E-state index contributed by atoms with van der Waals surface area (Å²) >= 11 is 1.57. The van der Waals surface area contributed by atoms with Gasteiger partial charge >= 0.3 is 0 Å². The van der Waals surface area contributed by atoms with Crippen molar-refractivity contribution >= 4 is 11.3 Å². The van der Waals surface area contributed by atoms with E-state index < -0.39 is 5.60 Å². The minimum absolute atomic E-state index is 0.0106. The molecule has 1 aromatic heterocycles. The number of ether oxygens (including phenoxy) is 1. The maximum Gasteiger partial charge on any atom is 0.0986 e. The predicted octanol–water partition coefficient (Wildman–Crippen LogP) is 2.81. The van der Waals surface area contributed by atoms with E-state index in [1.165, 1.54) is 0 Å². The summed E-state index contributed by atoms with van der Waals surface area (Å²) in [6, 6.07) is 0. The molecule has 4 heteroatoms. The van der Waals surface area contributed by atoms with Gasteiger partial charge in [-0.05, 0) is 13.8 Å². The second-order valence-electron chi connectivity index (χ2n) is 5.54. The second-order valence-corrected chi connectivity index (χ2v) is 6.54. The standard InChI is InChI=1S/C12H21NO2S/c1-11(2,3)10-13-8(7-15-6)9(16-10)12(4,5)14/h14H,7H2,1-6H3. The number of nitrogens with zero attached hydrogens (tertiary/aromatic N) is 1. The van der Waals surface area contributed by atoms with Crippen LogP contribution in [0.3, 0.4) is 0 Å². The van der Waals surface area contributed by atoms with Crippen LogP contribution in [-0.2, 0) is 22.4 Å². The Bertz CT molecular complexity index is 358. The van der Waals surface area contributed by atoms with Crippen LogP contribution in [0.15, 0.2) is 0 Å². The third-order valence-electron chi connectivity index (χ3n) is 2.18. The molecule has 0 fully saturated rings. The van der Waals surface area contributed by atoms with E-state index in [-0.39, 0.29) is 5.41 Å². The Balaban J connectivity index is 3.21. The lowest BCUT2D eigenvalue weighted by molar-refractivity contribution is 0.0782. The van der Waals surface area contributed by atoms with Crippen molar-refractivity contribution < 1.29 is 9.84 Å². The van der Waals surface area contributed by atoms with Crippen LogP contribution in [-0.4, -0.2) is 17.2 Å². The van der Waals surface area contributed by atoms with Crippen LogP contribution in [0.25, 0.3) is 0 Å². The van der Waals surface area contributed by atoms with E-state index in [1.54, 1.807) is 32.3 Å². The Morgan fingerprint density at radius 1 is 1.25 bits per heavy atom. The van der Waals surface area contributed by atoms with Gasteiger partial charge in [-0.25, -0.2) is 4.98 Å². The van der Waals surface area contributed by atoms with Crippen LogP contribution < -0.4 is 0 Å². The van der Waals surface area contributed by atoms with Gasteiger partial charge in [-0.2, -0.15) is 0 Å². The largest absolute Gasteiger partial charge is 0.385 e. The number of aromatic nitrogens is 1. The van der Waals surface area contributed by atoms with E-state index >= 15 is 0 Å². The summed E-state index contributed by atoms with van der Waals surface area (Å²) in [6.45, 7) is 10.4. The predicted molar refractivity (Wildman–Crippen MR) is 66.8 cm³/mol. The number of methoxy groups -OCH3 is 1. The van der Waals surface area contributed by atoms with E-state index in [1.807, 2.05) is 0 Å². The van der Waals surface area contributed by atoms with Crippen molar-refractivity contribution in [3.05, 3.63) is 15.6 Å². The molecule has 1 N–H and O–H groups in total. The van der Waals surface area contributed by atoms with Crippen molar-refractivity contribution in [1.82, 2.24) is 4.98 Å². The fourth-order valence-electron chi connectivity index (χ4n) is 1.39. The molecule has 0 unspecified atom stereocenters. The Morgan fingerprint density at radius 2 is 1.81 bits per heavy atom. The summed E-state index contributed by atoms with van der Waals surface area (Å²) in [5, 5.41) is 11.1. The molecule has 0 aliphatic rings. The Hall–Kier alpha value is -0.450. The van der Waals surface area contributed by atoms with Gasteiger partial charge in [0, 0.05) is 12.5 Å². The molecule has 0 aliphatic heterocycles. The van der Waals surface area contributed by atoms with Crippen LogP contribution >= 0.6 is 11.3 Å². The van der Waals surface area contributed by atoms with Crippen molar-refractivity contribution in [3.63, 3.8) is 0 Å². The number of hydrogen-bond donors (Lipinski definition) is 1. The summed E-state index contributed by atoms with van der Waals surface area (Å²) in [6.07, 6.45) is 0. The Morgan fingerprint density at radius 3 is 2.19 bits per heavy atom. The van der Waals surface area contributed by atoms with Crippen LogP contribution in [0.5, 0.6) is 0 Å². The maximum atomic E-state index is 10.1. The SMILES string of the molecule is COCc1nc(C(C)(C)C)sc1C(C)(C)O. The second kappa shape index (κ2) is 4.43. The summed E-state index contributed by atoms with van der Waals surface area (Å²) in [7, 11) is 1.64. The van der Waals surface area contributed by atoms with Crippen LogP contribution in [0, 0.1) is 0 Å². The van der Waals surface area contributed by atoms with E-state index in [4.69, 9.17) is 4.74 Å². The first-order chi connectivity index (χ1) is 7.16. The molecule has 3 nitrogen and oxygen atoms in total. The lowest BCUT2D eigenvalue weighted by Crippen LogP contribution is -2.16. The maximum absolute atomic E-state index is 10.1. The molecule has 0 amide bonds. The van der Waals surface area contributed by atoms with Gasteiger partial charge in [0.1, 0.15) is 0 Å². The summed E-state index contributed by atoms with van der Waals surface area (Å²) in [5.41, 5.74) is 0.0102. The van der Waals surface area contributed by atoms with Crippen LogP contribution in [0.1, 0.15) is 50.2 Å². The molecule has 0 aliphatic carbocycles. The number of thiazole rings is 1. The van der Waals surface area contributed by atoms with E-state index in [9.17, 15) is 5.11 Å². The number of rotatable bonds is 3. The topological polar surface area (TPSA) is 42.4 Å². The van der Waals surface area contributed by atoms with Crippen LogP contribution in [0.2, 0.25) is 0 Å². The van der Waals surface area contributed by atoms with Gasteiger partial charge in [-0.1, -0.05) is 20.8 Å². The zero-order valence-corrected chi connectivity index (χ0v) is 11.7. The van der Waals surface area contributed by atoms with Gasteiger partial charge in [0.15, 0.2) is 0 Å². The van der Waals surface area contributed by atoms with E-state index in [2.05, 4.69) is 25.8 Å². The highest BCUT2D eigenvalue weighted by Crippen LogP contribution is 2.35. The molecule has 16 heavy (non-hydrogen) atoms. The lowest BCUT2D eigenvalue weighted by Gasteiger charge is -2.16. The molecule has 0 saturated carbocycles. The summed E-state index contributed by atoms with van der Waals surface area (Å²) in [5.74, 6) is 0. The molecule has 0 aromatic carbocycles. The first-order valence-corrected chi connectivity index (χ1v) is 6.20. The third kappa shape index (κ3) is 3.03. The monoisotopic (exact) mass is 243 g/mol. The normalized spacial score (nSPS) is 13.2. The van der Waals surface area contributed by atoms with Gasteiger partial charge < -0.3 is 9.84 Å². The summed E-state index contributed by atoms with van der Waals surface area (Å²) in [4.78, 5) is 5.47. The van der Waals surface area contributed by atoms with Gasteiger partial charge in [0.25, 0.3) is 0 Å². The molecule has 92 valence electrons. The van der Waals surface area contributed by atoms with Gasteiger partial charge in [-0.15, -0.1) is 11.3 Å². The Kier molecular flexibility index (Phi) is 3.77. The molecule has 0 bridgehead atoms.